The smallest absolute Gasteiger partial charge is 0.193 e. The molecule has 0 bridgehead atoms. The molecule has 0 saturated carbocycles. The van der Waals surface area contributed by atoms with Crippen molar-refractivity contribution < 1.29 is 0 Å². The molecule has 1 N–H and O–H groups in total. The molecule has 0 aromatic carbocycles. The fourth-order valence-electron chi connectivity index (χ4n) is 3.24. The number of nitrogens with zero attached hydrogens (tertiary/aromatic N) is 3. The first-order valence-corrected chi connectivity index (χ1v) is 10.7. The molecule has 1 atom stereocenters. The van der Waals surface area contributed by atoms with Crippen molar-refractivity contribution >= 4 is 28.6 Å². The van der Waals surface area contributed by atoms with Gasteiger partial charge in [0.15, 0.2) is 5.96 Å². The van der Waals surface area contributed by atoms with Crippen molar-refractivity contribution in [3.8, 4) is 0 Å². The van der Waals surface area contributed by atoms with Gasteiger partial charge in [0, 0.05) is 56.1 Å². The minimum atomic E-state index is 0.496. The van der Waals surface area contributed by atoms with Gasteiger partial charge in [-0.25, -0.2) is 0 Å². The number of rotatable bonds is 6. The van der Waals surface area contributed by atoms with Crippen molar-refractivity contribution in [2.24, 2.45) is 4.99 Å². The Balaban J connectivity index is 1.45. The first kappa shape index (κ1) is 18.4. The van der Waals surface area contributed by atoms with Crippen LogP contribution in [0.2, 0.25) is 0 Å². The predicted molar refractivity (Wildman–Crippen MR) is 110 cm³/mol. The van der Waals surface area contributed by atoms with Crippen LogP contribution in [0, 0.1) is 0 Å². The number of fused-ring (bicyclic) bond motifs is 1. The maximum atomic E-state index is 4.45. The number of likely N-dealkylation sites (N-methyl/N-ethyl adjacent to an activating group) is 1. The molecule has 1 aliphatic rings. The molecule has 2 aromatic heterocycles. The van der Waals surface area contributed by atoms with E-state index >= 15 is 0 Å². The van der Waals surface area contributed by atoms with Crippen LogP contribution in [0.15, 0.2) is 34.0 Å². The monoisotopic (exact) mass is 376 g/mol. The number of hydrogen-bond donors (Lipinski definition) is 1. The van der Waals surface area contributed by atoms with Gasteiger partial charge in [-0.2, -0.15) is 0 Å². The number of aliphatic imine (C=N–C) groups is 1. The third kappa shape index (κ3) is 4.84. The topological polar surface area (TPSA) is 30.9 Å². The van der Waals surface area contributed by atoms with Gasteiger partial charge >= 0.3 is 0 Å². The van der Waals surface area contributed by atoms with Crippen molar-refractivity contribution in [2.45, 2.75) is 32.4 Å². The molecule has 0 saturated heterocycles. The first-order chi connectivity index (χ1) is 12.2. The summed E-state index contributed by atoms with van der Waals surface area (Å²) >= 11 is 3.73. The summed E-state index contributed by atoms with van der Waals surface area (Å²) in [5.74, 6) is 0.983. The first-order valence-electron chi connectivity index (χ1n) is 8.91. The van der Waals surface area contributed by atoms with Crippen LogP contribution in [0.4, 0.5) is 0 Å². The van der Waals surface area contributed by atoms with Crippen molar-refractivity contribution in [1.82, 2.24) is 15.1 Å². The minimum Gasteiger partial charge on any atom is -0.355 e. The summed E-state index contributed by atoms with van der Waals surface area (Å²) < 4.78 is 0. The summed E-state index contributed by atoms with van der Waals surface area (Å²) in [6.07, 6.45) is 2.25. The molecular formula is C19H28N4S2. The van der Waals surface area contributed by atoms with E-state index in [-0.39, 0.29) is 0 Å². The van der Waals surface area contributed by atoms with E-state index in [1.165, 1.54) is 16.9 Å². The van der Waals surface area contributed by atoms with Crippen molar-refractivity contribution in [1.29, 1.82) is 0 Å². The molecule has 0 aliphatic carbocycles. The highest BCUT2D eigenvalue weighted by Crippen LogP contribution is 2.24. The Kier molecular flexibility index (Phi) is 6.51. The molecule has 25 heavy (non-hydrogen) atoms. The summed E-state index contributed by atoms with van der Waals surface area (Å²) in [5.41, 5.74) is 1.51. The van der Waals surface area contributed by atoms with Gasteiger partial charge in [-0.3, -0.25) is 9.89 Å². The van der Waals surface area contributed by atoms with Crippen LogP contribution in [0.3, 0.4) is 0 Å². The number of thiophene rings is 2. The van der Waals surface area contributed by atoms with E-state index in [0.717, 1.165) is 38.6 Å². The SMILES string of the molecule is CN=C(NCC(C)N1CCc2sccc2C1)N(C)CCc1cccs1. The van der Waals surface area contributed by atoms with Crippen LogP contribution in [-0.2, 0) is 19.4 Å². The second-order valence-electron chi connectivity index (χ2n) is 6.62. The van der Waals surface area contributed by atoms with E-state index in [2.05, 4.69) is 63.0 Å². The molecule has 3 rings (SSSR count). The maximum absolute atomic E-state index is 4.45. The molecule has 0 spiro atoms. The standard InChI is InChI=1S/C19H28N4S2/c1-15(23-10-7-18-16(14-23)8-12-25-18)13-21-19(20-2)22(3)9-6-17-5-4-11-24-17/h4-5,8,11-12,15H,6-7,9-10,13-14H2,1-3H3,(H,20,21). The van der Waals surface area contributed by atoms with E-state index in [4.69, 9.17) is 0 Å². The lowest BCUT2D eigenvalue weighted by atomic mass is 10.1. The minimum absolute atomic E-state index is 0.496. The van der Waals surface area contributed by atoms with Gasteiger partial charge in [-0.05, 0) is 48.2 Å². The summed E-state index contributed by atoms with van der Waals surface area (Å²) in [6, 6.07) is 7.09. The maximum Gasteiger partial charge on any atom is 0.193 e. The van der Waals surface area contributed by atoms with Gasteiger partial charge in [-0.15, -0.1) is 22.7 Å². The van der Waals surface area contributed by atoms with E-state index < -0.39 is 0 Å². The lowest BCUT2D eigenvalue weighted by Crippen LogP contribution is -2.47. The fourth-order valence-corrected chi connectivity index (χ4v) is 4.83. The molecule has 1 aliphatic heterocycles. The number of hydrogen-bond acceptors (Lipinski definition) is 4. The number of guanidine groups is 1. The highest BCUT2D eigenvalue weighted by Gasteiger charge is 2.21. The molecule has 4 nitrogen and oxygen atoms in total. The van der Waals surface area contributed by atoms with Gasteiger partial charge in [0.1, 0.15) is 0 Å². The molecule has 0 radical (unpaired) electrons. The average Bonchev–Trinajstić information content (AvgIpc) is 3.30. The Morgan fingerprint density at radius 1 is 1.36 bits per heavy atom. The van der Waals surface area contributed by atoms with E-state index in [0.29, 0.717) is 6.04 Å². The third-order valence-corrected chi connectivity index (χ3v) is 6.82. The summed E-state index contributed by atoms with van der Waals surface area (Å²) in [7, 11) is 3.99. The summed E-state index contributed by atoms with van der Waals surface area (Å²) in [6.45, 7) is 6.45. The fraction of sp³-hybridized carbons (Fsp3) is 0.526. The van der Waals surface area contributed by atoms with Crippen molar-refractivity contribution in [2.75, 3.05) is 33.7 Å². The average molecular weight is 377 g/mol. The normalized spacial score (nSPS) is 16.5. The second-order valence-corrected chi connectivity index (χ2v) is 8.65. The highest BCUT2D eigenvalue weighted by molar-refractivity contribution is 7.10. The van der Waals surface area contributed by atoms with Crippen LogP contribution in [0.1, 0.15) is 22.2 Å². The molecule has 0 fully saturated rings. The third-order valence-electron chi connectivity index (χ3n) is 4.86. The Morgan fingerprint density at radius 3 is 3.00 bits per heavy atom. The zero-order valence-corrected chi connectivity index (χ0v) is 17.0. The summed E-state index contributed by atoms with van der Waals surface area (Å²) in [5, 5.41) is 7.92. The van der Waals surface area contributed by atoms with Crippen LogP contribution < -0.4 is 5.32 Å². The van der Waals surface area contributed by atoms with E-state index in [1.807, 2.05) is 29.7 Å². The van der Waals surface area contributed by atoms with Crippen LogP contribution in [0.5, 0.6) is 0 Å². The van der Waals surface area contributed by atoms with Gasteiger partial charge in [-0.1, -0.05) is 6.07 Å². The van der Waals surface area contributed by atoms with Gasteiger partial charge < -0.3 is 10.2 Å². The Morgan fingerprint density at radius 2 is 2.24 bits per heavy atom. The van der Waals surface area contributed by atoms with Gasteiger partial charge in [0.05, 0.1) is 0 Å². The van der Waals surface area contributed by atoms with Gasteiger partial charge in [0.2, 0.25) is 0 Å². The van der Waals surface area contributed by atoms with E-state index in [9.17, 15) is 0 Å². The Hall–Kier alpha value is -1.37. The Bertz CT molecular complexity index is 677. The van der Waals surface area contributed by atoms with Gasteiger partial charge in [0.25, 0.3) is 0 Å². The lowest BCUT2D eigenvalue weighted by molar-refractivity contribution is 0.192. The Labute approximate surface area is 159 Å². The number of nitrogens with one attached hydrogen (secondary N) is 1. The molecular weight excluding hydrogens is 348 g/mol. The highest BCUT2D eigenvalue weighted by atomic mass is 32.1. The zero-order valence-electron chi connectivity index (χ0n) is 15.4. The largest absolute Gasteiger partial charge is 0.355 e. The zero-order chi connectivity index (χ0) is 17.6. The second kappa shape index (κ2) is 8.83. The molecule has 0 amide bonds. The molecule has 3 heterocycles. The van der Waals surface area contributed by atoms with E-state index in [1.54, 1.807) is 4.88 Å². The molecule has 1 unspecified atom stereocenters. The molecule has 6 heteroatoms. The van der Waals surface area contributed by atoms with Crippen LogP contribution >= 0.6 is 22.7 Å². The van der Waals surface area contributed by atoms with Crippen molar-refractivity contribution in [3.05, 3.63) is 44.3 Å². The van der Waals surface area contributed by atoms with Crippen LogP contribution in [-0.4, -0.2) is 55.5 Å². The molecule has 136 valence electrons. The molecule has 2 aromatic rings. The quantitative estimate of drug-likeness (QED) is 0.620. The van der Waals surface area contributed by atoms with Crippen LogP contribution in [0.25, 0.3) is 0 Å². The predicted octanol–water partition coefficient (Wildman–Crippen LogP) is 3.31. The summed E-state index contributed by atoms with van der Waals surface area (Å²) in [4.78, 5) is 12.2. The lowest BCUT2D eigenvalue weighted by Gasteiger charge is -2.33. The van der Waals surface area contributed by atoms with Crippen molar-refractivity contribution in [3.63, 3.8) is 0 Å².